The summed E-state index contributed by atoms with van der Waals surface area (Å²) in [7, 11) is 3.00. The Morgan fingerprint density at radius 3 is 2.89 bits per heavy atom. The van der Waals surface area contributed by atoms with Crippen LogP contribution in [0.4, 0.5) is 0 Å². The van der Waals surface area contributed by atoms with Crippen LogP contribution in [0.3, 0.4) is 0 Å². The average molecular weight is 249 g/mol. The summed E-state index contributed by atoms with van der Waals surface area (Å²) in [6.45, 7) is 0.561. The van der Waals surface area contributed by atoms with Crippen LogP contribution in [0.25, 0.3) is 0 Å². The van der Waals surface area contributed by atoms with Gasteiger partial charge in [-0.1, -0.05) is 6.07 Å². The van der Waals surface area contributed by atoms with Gasteiger partial charge in [0.15, 0.2) is 0 Å². The number of carbonyl (C=O) groups excluding carboxylic acids is 1. The zero-order chi connectivity index (χ0) is 12.8. The summed E-state index contributed by atoms with van der Waals surface area (Å²) in [4.78, 5) is 16.0. The number of hydrogen-bond donors (Lipinski definition) is 0. The number of hydrogen-bond acceptors (Lipinski definition) is 5. The van der Waals surface area contributed by atoms with Gasteiger partial charge in [-0.2, -0.15) is 0 Å². The van der Waals surface area contributed by atoms with Crippen molar-refractivity contribution < 1.29 is 19.0 Å². The first kappa shape index (κ1) is 11.5. The standard InChI is InChI=1S/C13H15NO4/c1-16-10-4-3-8(6-14-10)13-5-9(18-7-13)11(13)12(15)17-2/h3-4,6,9,11H,5,7H2,1-2H3. The van der Waals surface area contributed by atoms with Crippen LogP contribution in [-0.4, -0.2) is 37.9 Å². The molecular formula is C13H15NO4. The summed E-state index contributed by atoms with van der Waals surface area (Å²) in [5.74, 6) is 0.178. The molecule has 0 amide bonds. The molecule has 0 spiro atoms. The maximum absolute atomic E-state index is 11.8. The molecule has 96 valence electrons. The molecule has 0 N–H and O–H groups in total. The molecule has 18 heavy (non-hydrogen) atoms. The van der Waals surface area contributed by atoms with Crippen LogP contribution in [0.1, 0.15) is 12.0 Å². The fourth-order valence-corrected chi connectivity index (χ4v) is 3.04. The Kier molecular flexibility index (Phi) is 2.52. The minimum atomic E-state index is -0.253. The molecule has 1 saturated carbocycles. The lowest BCUT2D eigenvalue weighted by Gasteiger charge is -2.42. The quantitative estimate of drug-likeness (QED) is 0.745. The number of aromatic nitrogens is 1. The summed E-state index contributed by atoms with van der Waals surface area (Å²) in [5.41, 5.74) is 0.768. The summed E-state index contributed by atoms with van der Waals surface area (Å²) in [6.07, 6.45) is 2.63. The van der Waals surface area contributed by atoms with E-state index in [9.17, 15) is 4.79 Å². The van der Waals surface area contributed by atoms with Crippen LogP contribution < -0.4 is 4.74 Å². The molecule has 3 atom stereocenters. The fraction of sp³-hybridized carbons (Fsp3) is 0.538. The molecule has 3 heterocycles. The molecule has 2 saturated heterocycles. The Balaban J connectivity index is 1.92. The molecule has 4 rings (SSSR count). The van der Waals surface area contributed by atoms with E-state index in [1.165, 1.54) is 7.11 Å². The van der Waals surface area contributed by atoms with Gasteiger partial charge in [0.05, 0.1) is 32.8 Å². The largest absolute Gasteiger partial charge is 0.481 e. The highest BCUT2D eigenvalue weighted by Gasteiger charge is 2.65. The fourth-order valence-electron chi connectivity index (χ4n) is 3.04. The second-order valence-corrected chi connectivity index (χ2v) is 4.80. The number of fused-ring (bicyclic) bond motifs is 1. The molecule has 2 aliphatic heterocycles. The van der Waals surface area contributed by atoms with Gasteiger partial charge < -0.3 is 14.2 Å². The van der Waals surface area contributed by atoms with Crippen LogP contribution in [0.2, 0.25) is 0 Å². The van der Waals surface area contributed by atoms with E-state index in [-0.39, 0.29) is 23.4 Å². The predicted octanol–water partition coefficient (Wildman–Crippen LogP) is 0.920. The van der Waals surface area contributed by atoms with Crippen molar-refractivity contribution in [2.75, 3.05) is 20.8 Å². The van der Waals surface area contributed by atoms with Crippen molar-refractivity contribution in [1.82, 2.24) is 4.98 Å². The third-order valence-electron chi connectivity index (χ3n) is 4.06. The number of esters is 1. The lowest BCUT2D eigenvalue weighted by atomic mass is 9.58. The maximum Gasteiger partial charge on any atom is 0.312 e. The molecule has 3 fully saturated rings. The molecule has 1 aliphatic carbocycles. The van der Waals surface area contributed by atoms with Gasteiger partial charge >= 0.3 is 5.97 Å². The summed E-state index contributed by atoms with van der Waals surface area (Å²) < 4.78 is 15.5. The number of nitrogens with zero attached hydrogens (tertiary/aromatic N) is 1. The molecule has 5 nitrogen and oxygen atoms in total. The summed E-state index contributed by atoms with van der Waals surface area (Å²) >= 11 is 0. The highest BCUT2D eigenvalue weighted by Crippen LogP contribution is 2.56. The van der Waals surface area contributed by atoms with E-state index < -0.39 is 0 Å². The Hall–Kier alpha value is -1.62. The molecule has 1 aromatic heterocycles. The third kappa shape index (κ3) is 1.37. The maximum atomic E-state index is 11.8. The zero-order valence-corrected chi connectivity index (χ0v) is 10.4. The number of ether oxygens (including phenoxy) is 3. The van der Waals surface area contributed by atoms with Crippen molar-refractivity contribution in [3.8, 4) is 5.88 Å². The summed E-state index contributed by atoms with van der Waals surface area (Å²) in [5, 5.41) is 0. The molecule has 1 aromatic rings. The van der Waals surface area contributed by atoms with E-state index in [0.717, 1.165) is 12.0 Å². The Morgan fingerprint density at radius 2 is 2.33 bits per heavy atom. The molecule has 0 radical (unpaired) electrons. The van der Waals surface area contributed by atoms with Crippen molar-refractivity contribution >= 4 is 5.97 Å². The van der Waals surface area contributed by atoms with Gasteiger partial charge in [0.2, 0.25) is 5.88 Å². The topological polar surface area (TPSA) is 57.7 Å². The van der Waals surface area contributed by atoms with E-state index in [4.69, 9.17) is 14.2 Å². The van der Waals surface area contributed by atoms with Crippen LogP contribution in [0, 0.1) is 5.92 Å². The van der Waals surface area contributed by atoms with Gasteiger partial charge in [-0.3, -0.25) is 4.79 Å². The number of pyridine rings is 1. The van der Waals surface area contributed by atoms with Crippen LogP contribution in [-0.2, 0) is 19.7 Å². The van der Waals surface area contributed by atoms with Crippen LogP contribution >= 0.6 is 0 Å². The monoisotopic (exact) mass is 249 g/mol. The van der Waals surface area contributed by atoms with Crippen molar-refractivity contribution in [3.63, 3.8) is 0 Å². The Bertz CT molecular complexity index is 468. The molecule has 3 aliphatic rings. The molecule has 2 bridgehead atoms. The third-order valence-corrected chi connectivity index (χ3v) is 4.06. The lowest BCUT2D eigenvalue weighted by Crippen LogP contribution is -2.53. The molecule has 0 aromatic carbocycles. The van der Waals surface area contributed by atoms with Gasteiger partial charge in [-0.05, 0) is 12.0 Å². The van der Waals surface area contributed by atoms with Gasteiger partial charge in [0.1, 0.15) is 0 Å². The van der Waals surface area contributed by atoms with Crippen LogP contribution in [0.5, 0.6) is 5.88 Å². The summed E-state index contributed by atoms with van der Waals surface area (Å²) in [6, 6.07) is 3.76. The van der Waals surface area contributed by atoms with Crippen molar-refractivity contribution in [2.24, 2.45) is 5.92 Å². The zero-order valence-electron chi connectivity index (χ0n) is 10.4. The highest BCUT2D eigenvalue weighted by molar-refractivity contribution is 5.78. The Morgan fingerprint density at radius 1 is 1.50 bits per heavy atom. The van der Waals surface area contributed by atoms with E-state index in [1.54, 1.807) is 13.3 Å². The molecular weight excluding hydrogens is 234 g/mol. The average Bonchev–Trinajstić information content (AvgIpc) is 2.98. The van der Waals surface area contributed by atoms with Crippen molar-refractivity contribution in [1.29, 1.82) is 0 Å². The van der Waals surface area contributed by atoms with E-state index >= 15 is 0 Å². The number of carbonyl (C=O) groups is 1. The van der Waals surface area contributed by atoms with Crippen molar-refractivity contribution in [3.05, 3.63) is 23.9 Å². The molecule has 5 heteroatoms. The number of rotatable bonds is 3. The minimum Gasteiger partial charge on any atom is -0.481 e. The Labute approximate surface area is 105 Å². The lowest BCUT2D eigenvalue weighted by molar-refractivity contribution is -0.154. The predicted molar refractivity (Wildman–Crippen MR) is 62.3 cm³/mol. The minimum absolute atomic E-state index is 0.000415. The number of methoxy groups -OCH3 is 2. The van der Waals surface area contributed by atoms with Gasteiger partial charge in [0, 0.05) is 17.7 Å². The first-order chi connectivity index (χ1) is 8.71. The van der Waals surface area contributed by atoms with Crippen LogP contribution in [0.15, 0.2) is 18.3 Å². The second kappa shape index (κ2) is 3.95. The first-order valence-corrected chi connectivity index (χ1v) is 5.91. The van der Waals surface area contributed by atoms with E-state index in [2.05, 4.69) is 4.98 Å². The van der Waals surface area contributed by atoms with Gasteiger partial charge in [0.25, 0.3) is 0 Å². The molecule has 3 unspecified atom stereocenters. The van der Waals surface area contributed by atoms with E-state index in [1.807, 2.05) is 12.1 Å². The smallest absolute Gasteiger partial charge is 0.312 e. The first-order valence-electron chi connectivity index (χ1n) is 5.91. The van der Waals surface area contributed by atoms with E-state index in [0.29, 0.717) is 12.5 Å². The second-order valence-electron chi connectivity index (χ2n) is 4.80. The SMILES string of the molecule is COC(=O)C1C2CC1(c1ccc(OC)nc1)CO2. The van der Waals surface area contributed by atoms with Gasteiger partial charge in [-0.15, -0.1) is 0 Å². The normalized spacial score (nSPS) is 32.8. The highest BCUT2D eigenvalue weighted by atomic mass is 16.5. The van der Waals surface area contributed by atoms with Gasteiger partial charge in [-0.25, -0.2) is 4.98 Å². The van der Waals surface area contributed by atoms with Crippen molar-refractivity contribution in [2.45, 2.75) is 17.9 Å².